The number of carbonyl (C=O) groups is 1. The first-order valence-electron chi connectivity index (χ1n) is 8.10. The van der Waals surface area contributed by atoms with Crippen LogP contribution in [0.25, 0.3) is 0 Å². The van der Waals surface area contributed by atoms with E-state index in [1.165, 1.54) is 15.5 Å². The van der Waals surface area contributed by atoms with Crippen LogP contribution in [0.2, 0.25) is 0 Å². The summed E-state index contributed by atoms with van der Waals surface area (Å²) in [5.74, 6) is 0.0101. The van der Waals surface area contributed by atoms with Gasteiger partial charge in [0.15, 0.2) is 5.69 Å². The van der Waals surface area contributed by atoms with Gasteiger partial charge in [-0.05, 0) is 25.3 Å². The molecule has 1 aliphatic rings. The van der Waals surface area contributed by atoms with Crippen molar-refractivity contribution in [3.05, 3.63) is 45.7 Å². The van der Waals surface area contributed by atoms with Gasteiger partial charge in [-0.3, -0.25) is 4.79 Å². The normalized spacial score (nSPS) is 17.0. The van der Waals surface area contributed by atoms with Crippen LogP contribution in [0.15, 0.2) is 17.1 Å². The van der Waals surface area contributed by atoms with Gasteiger partial charge < -0.3 is 14.5 Å². The molecule has 0 spiro atoms. The second kappa shape index (κ2) is 6.58. The van der Waals surface area contributed by atoms with Gasteiger partial charge in [0, 0.05) is 38.4 Å². The number of aromatic amines is 1. The number of fused-ring (bicyclic) bond motifs is 1. The van der Waals surface area contributed by atoms with Crippen molar-refractivity contribution >= 4 is 5.91 Å². The third-order valence-electron chi connectivity index (χ3n) is 4.36. The van der Waals surface area contributed by atoms with Crippen molar-refractivity contribution in [2.75, 3.05) is 13.6 Å². The first kappa shape index (κ1) is 18.2. The second-order valence-corrected chi connectivity index (χ2v) is 6.54. The van der Waals surface area contributed by atoms with Crippen molar-refractivity contribution < 1.29 is 18.0 Å². The molecule has 7 nitrogen and oxygen atoms in total. The Morgan fingerprint density at radius 1 is 1.42 bits per heavy atom. The number of nitrogens with zero attached hydrogens (tertiary/aromatic N) is 4. The van der Waals surface area contributed by atoms with Crippen LogP contribution >= 0.6 is 0 Å². The van der Waals surface area contributed by atoms with Crippen molar-refractivity contribution in [1.82, 2.24) is 24.4 Å². The van der Waals surface area contributed by atoms with E-state index in [1.54, 1.807) is 14.0 Å². The van der Waals surface area contributed by atoms with Crippen LogP contribution in [0.4, 0.5) is 13.2 Å². The van der Waals surface area contributed by atoms with Crippen LogP contribution in [0.1, 0.15) is 34.1 Å². The predicted octanol–water partition coefficient (Wildman–Crippen LogP) is 1.63. The fourth-order valence-electron chi connectivity index (χ4n) is 3.15. The number of carbonyl (C=O) groups excluding carboxylic acids is 1. The molecule has 0 aromatic carbocycles. The Morgan fingerprint density at radius 3 is 2.81 bits per heavy atom. The molecule has 2 aromatic rings. The van der Waals surface area contributed by atoms with Gasteiger partial charge in [-0.15, -0.1) is 0 Å². The van der Waals surface area contributed by atoms with E-state index in [9.17, 15) is 22.8 Å². The van der Waals surface area contributed by atoms with Crippen molar-refractivity contribution in [2.45, 2.75) is 32.5 Å². The van der Waals surface area contributed by atoms with Crippen molar-refractivity contribution in [2.24, 2.45) is 5.92 Å². The molecule has 1 unspecified atom stereocenters. The lowest BCUT2D eigenvalue weighted by Gasteiger charge is -2.28. The monoisotopic (exact) mass is 369 g/mol. The summed E-state index contributed by atoms with van der Waals surface area (Å²) < 4.78 is 39.8. The van der Waals surface area contributed by atoms with Gasteiger partial charge in [0.2, 0.25) is 0 Å². The summed E-state index contributed by atoms with van der Waals surface area (Å²) in [5, 5.41) is 0. The summed E-state index contributed by atoms with van der Waals surface area (Å²) in [6, 6.07) is 1.49. The molecule has 3 rings (SSSR count). The van der Waals surface area contributed by atoms with E-state index >= 15 is 0 Å². The molecule has 1 N–H and O–H groups in total. The average molecular weight is 369 g/mol. The van der Waals surface area contributed by atoms with E-state index in [-0.39, 0.29) is 11.6 Å². The molecular weight excluding hydrogens is 351 g/mol. The summed E-state index contributed by atoms with van der Waals surface area (Å²) in [6.45, 7) is 2.36. The average Bonchev–Trinajstić information content (AvgIpc) is 2.96. The number of halogens is 3. The highest BCUT2D eigenvalue weighted by molar-refractivity contribution is 5.92. The molecule has 1 atom stereocenters. The molecule has 0 bridgehead atoms. The summed E-state index contributed by atoms with van der Waals surface area (Å²) in [6.07, 6.45) is -2.39. The highest BCUT2D eigenvalue weighted by Crippen LogP contribution is 2.30. The fourth-order valence-corrected chi connectivity index (χ4v) is 3.15. The molecule has 10 heteroatoms. The van der Waals surface area contributed by atoms with Crippen LogP contribution in [0.3, 0.4) is 0 Å². The Bertz CT molecular complexity index is 887. The van der Waals surface area contributed by atoms with E-state index in [2.05, 4.69) is 15.0 Å². The maximum atomic E-state index is 12.8. The summed E-state index contributed by atoms with van der Waals surface area (Å²) >= 11 is 0. The lowest BCUT2D eigenvalue weighted by Crippen LogP contribution is -2.36. The predicted molar refractivity (Wildman–Crippen MR) is 85.6 cm³/mol. The third-order valence-corrected chi connectivity index (χ3v) is 4.36. The molecule has 3 heterocycles. The van der Waals surface area contributed by atoms with Crippen LogP contribution in [0.5, 0.6) is 0 Å². The highest BCUT2D eigenvalue weighted by atomic mass is 19.4. The molecule has 1 amide bonds. The maximum absolute atomic E-state index is 12.8. The standard InChI is InChI=1S/C16H18F3N5O2/c1-9-5-11(21-15(26)20-9)14(25)23(2)6-10-3-4-13-22-12(16(17,18)19)8-24(13)7-10/h5,8,10H,3-4,6-7H2,1-2H3,(H,20,21,26). The number of hydrogen-bond donors (Lipinski definition) is 1. The Hall–Kier alpha value is -2.65. The third kappa shape index (κ3) is 3.78. The molecule has 0 radical (unpaired) electrons. The molecule has 140 valence electrons. The van der Waals surface area contributed by atoms with Gasteiger partial charge in [-0.25, -0.2) is 9.78 Å². The molecule has 26 heavy (non-hydrogen) atoms. The number of aromatic nitrogens is 4. The lowest BCUT2D eigenvalue weighted by molar-refractivity contribution is -0.141. The van der Waals surface area contributed by atoms with Gasteiger partial charge >= 0.3 is 11.9 Å². The molecule has 2 aromatic heterocycles. The van der Waals surface area contributed by atoms with Gasteiger partial charge in [-0.1, -0.05) is 0 Å². The van der Waals surface area contributed by atoms with E-state index in [0.717, 1.165) is 6.20 Å². The van der Waals surface area contributed by atoms with Crippen molar-refractivity contribution in [3.63, 3.8) is 0 Å². The Kier molecular flexibility index (Phi) is 4.59. The largest absolute Gasteiger partial charge is 0.434 e. The molecule has 1 aliphatic heterocycles. The summed E-state index contributed by atoms with van der Waals surface area (Å²) in [7, 11) is 1.59. The number of hydrogen-bond acceptors (Lipinski definition) is 4. The smallest absolute Gasteiger partial charge is 0.340 e. The fraction of sp³-hybridized carbons (Fsp3) is 0.500. The van der Waals surface area contributed by atoms with E-state index < -0.39 is 23.5 Å². The number of alkyl halides is 3. The SMILES string of the molecule is Cc1cc(C(=O)N(C)CC2CCc3nc(C(F)(F)F)cn3C2)nc(=O)[nH]1. The van der Waals surface area contributed by atoms with Crippen LogP contribution in [0, 0.1) is 12.8 Å². The number of amides is 1. The lowest BCUT2D eigenvalue weighted by atomic mass is 9.99. The minimum absolute atomic E-state index is 0.00479. The van der Waals surface area contributed by atoms with Crippen LogP contribution in [-0.2, 0) is 19.1 Å². The second-order valence-electron chi connectivity index (χ2n) is 6.54. The number of nitrogens with one attached hydrogen (secondary N) is 1. The molecule has 0 fully saturated rings. The summed E-state index contributed by atoms with van der Waals surface area (Å²) in [4.78, 5) is 35.1. The van der Waals surface area contributed by atoms with Gasteiger partial charge in [0.05, 0.1) is 0 Å². The zero-order valence-corrected chi connectivity index (χ0v) is 14.3. The van der Waals surface area contributed by atoms with Crippen molar-refractivity contribution in [3.8, 4) is 0 Å². The van der Waals surface area contributed by atoms with E-state index in [4.69, 9.17) is 0 Å². The number of imidazole rings is 1. The van der Waals surface area contributed by atoms with Gasteiger partial charge in [0.25, 0.3) is 5.91 Å². The van der Waals surface area contributed by atoms with E-state index in [0.29, 0.717) is 37.4 Å². The quantitative estimate of drug-likeness (QED) is 0.891. The Labute approximate surface area is 146 Å². The minimum atomic E-state index is -4.46. The first-order valence-corrected chi connectivity index (χ1v) is 8.10. The van der Waals surface area contributed by atoms with Crippen LogP contribution in [-0.4, -0.2) is 43.9 Å². The van der Waals surface area contributed by atoms with Gasteiger partial charge in [0.1, 0.15) is 11.5 Å². The maximum Gasteiger partial charge on any atom is 0.434 e. The molecular formula is C16H18F3N5O2. The summed E-state index contributed by atoms with van der Waals surface area (Å²) in [5.41, 5.74) is -0.905. The first-order chi connectivity index (χ1) is 12.1. The Morgan fingerprint density at radius 2 is 2.15 bits per heavy atom. The zero-order chi connectivity index (χ0) is 19.1. The highest BCUT2D eigenvalue weighted by Gasteiger charge is 2.36. The van der Waals surface area contributed by atoms with E-state index in [1.807, 2.05) is 0 Å². The molecule has 0 aliphatic carbocycles. The number of rotatable bonds is 3. The van der Waals surface area contributed by atoms with Crippen LogP contribution < -0.4 is 5.69 Å². The molecule has 0 saturated heterocycles. The number of H-pyrrole nitrogens is 1. The zero-order valence-electron chi connectivity index (χ0n) is 14.3. The molecule has 0 saturated carbocycles. The van der Waals surface area contributed by atoms with Crippen molar-refractivity contribution in [1.29, 1.82) is 0 Å². The topological polar surface area (TPSA) is 83.9 Å². The van der Waals surface area contributed by atoms with Gasteiger partial charge in [-0.2, -0.15) is 18.2 Å². The Balaban J connectivity index is 1.69. The minimum Gasteiger partial charge on any atom is -0.340 e. The number of aryl methyl sites for hydroxylation is 2.